The number of benzene rings is 1. The van der Waals surface area contributed by atoms with Gasteiger partial charge in [0, 0.05) is 50.3 Å². The lowest BCUT2D eigenvalue weighted by Gasteiger charge is -2.40. The van der Waals surface area contributed by atoms with Crippen molar-refractivity contribution in [1.82, 2.24) is 19.7 Å². The molecule has 0 spiro atoms. The van der Waals surface area contributed by atoms with Gasteiger partial charge >= 0.3 is 0 Å². The molecular formula is C20H22N4. The third-order valence-electron chi connectivity index (χ3n) is 4.86. The van der Waals surface area contributed by atoms with E-state index in [2.05, 4.69) is 53.1 Å². The van der Waals surface area contributed by atoms with Gasteiger partial charge in [-0.15, -0.1) is 0 Å². The van der Waals surface area contributed by atoms with Crippen LogP contribution in [0, 0.1) is 13.8 Å². The molecule has 1 aromatic carbocycles. The predicted molar refractivity (Wildman–Crippen MR) is 95.3 cm³/mol. The summed E-state index contributed by atoms with van der Waals surface area (Å²) in [6, 6.07) is 10.7. The van der Waals surface area contributed by atoms with Gasteiger partial charge in [0.1, 0.15) is 0 Å². The molecule has 1 aliphatic heterocycles. The van der Waals surface area contributed by atoms with E-state index >= 15 is 0 Å². The summed E-state index contributed by atoms with van der Waals surface area (Å²) in [5.74, 6) is 0.631. The Hall–Kier alpha value is -2.46. The van der Waals surface area contributed by atoms with E-state index in [0.717, 1.165) is 19.6 Å². The summed E-state index contributed by atoms with van der Waals surface area (Å²) in [4.78, 5) is 6.62. The highest BCUT2D eigenvalue weighted by atomic mass is 15.3. The van der Waals surface area contributed by atoms with Gasteiger partial charge in [-0.25, -0.2) is 4.68 Å². The number of hydrogen-bond donors (Lipinski definition) is 0. The number of rotatable bonds is 4. The molecule has 1 fully saturated rings. The Kier molecular flexibility index (Phi) is 3.90. The Morgan fingerprint density at radius 1 is 1.08 bits per heavy atom. The third kappa shape index (κ3) is 2.85. The molecule has 4 heteroatoms. The maximum absolute atomic E-state index is 4.43. The molecule has 0 aliphatic carbocycles. The highest BCUT2D eigenvalue weighted by molar-refractivity contribution is 5.48. The standard InChI is InChI=1S/C20H22N4/c1-15-10-16(2)19(20(11-15)24-9-3-6-22-24)14-23-12-18(13-23)17-4-7-21-8-5-17/h3-11,18H,12-14H2,1-2H3. The SMILES string of the molecule is Cc1cc(C)c(CN2CC(c3ccncc3)C2)c(-n2cccn2)c1. The fraction of sp³-hybridized carbons (Fsp3) is 0.300. The van der Waals surface area contributed by atoms with Crippen molar-refractivity contribution in [3.8, 4) is 5.69 Å². The van der Waals surface area contributed by atoms with Gasteiger partial charge in [0.15, 0.2) is 0 Å². The summed E-state index contributed by atoms with van der Waals surface area (Å²) in [7, 11) is 0. The lowest BCUT2D eigenvalue weighted by molar-refractivity contribution is 0.139. The zero-order valence-electron chi connectivity index (χ0n) is 14.2. The molecule has 1 aliphatic rings. The average molecular weight is 318 g/mol. The van der Waals surface area contributed by atoms with Crippen LogP contribution >= 0.6 is 0 Å². The van der Waals surface area contributed by atoms with Gasteiger partial charge in [0.05, 0.1) is 5.69 Å². The van der Waals surface area contributed by atoms with Crippen LogP contribution in [0.25, 0.3) is 5.69 Å². The summed E-state index contributed by atoms with van der Waals surface area (Å²) in [5, 5.41) is 4.43. The Morgan fingerprint density at radius 2 is 1.88 bits per heavy atom. The van der Waals surface area contributed by atoms with E-state index in [9.17, 15) is 0 Å². The van der Waals surface area contributed by atoms with Gasteiger partial charge in [0.25, 0.3) is 0 Å². The lowest BCUT2D eigenvalue weighted by Crippen LogP contribution is -2.44. The molecule has 0 unspecified atom stereocenters. The van der Waals surface area contributed by atoms with Crippen molar-refractivity contribution in [2.45, 2.75) is 26.3 Å². The van der Waals surface area contributed by atoms with Crippen LogP contribution in [0.1, 0.15) is 28.2 Å². The minimum atomic E-state index is 0.631. The molecule has 0 radical (unpaired) electrons. The smallest absolute Gasteiger partial charge is 0.0695 e. The van der Waals surface area contributed by atoms with Gasteiger partial charge < -0.3 is 0 Å². The first-order chi connectivity index (χ1) is 11.7. The summed E-state index contributed by atoms with van der Waals surface area (Å²) in [6.45, 7) is 7.54. The maximum Gasteiger partial charge on any atom is 0.0695 e. The average Bonchev–Trinajstić information content (AvgIpc) is 3.06. The molecule has 24 heavy (non-hydrogen) atoms. The first kappa shape index (κ1) is 15.1. The predicted octanol–water partition coefficient (Wildman–Crippen LogP) is 3.48. The molecule has 0 atom stereocenters. The van der Waals surface area contributed by atoms with Crippen molar-refractivity contribution >= 4 is 0 Å². The molecule has 2 aromatic heterocycles. The maximum atomic E-state index is 4.43. The van der Waals surface area contributed by atoms with Gasteiger partial charge in [-0.3, -0.25) is 9.88 Å². The quantitative estimate of drug-likeness (QED) is 0.738. The minimum absolute atomic E-state index is 0.631. The van der Waals surface area contributed by atoms with Crippen molar-refractivity contribution in [2.75, 3.05) is 13.1 Å². The molecule has 0 bridgehead atoms. The van der Waals surface area contributed by atoms with Crippen LogP contribution in [0.2, 0.25) is 0 Å². The number of aromatic nitrogens is 3. The van der Waals surface area contributed by atoms with Crippen molar-refractivity contribution in [3.05, 3.63) is 77.4 Å². The van der Waals surface area contributed by atoms with Crippen LogP contribution in [0.15, 0.2) is 55.1 Å². The fourth-order valence-electron chi connectivity index (χ4n) is 3.57. The van der Waals surface area contributed by atoms with Crippen LogP contribution in [0.5, 0.6) is 0 Å². The van der Waals surface area contributed by atoms with E-state index in [4.69, 9.17) is 0 Å². The highest BCUT2D eigenvalue weighted by Crippen LogP contribution is 2.30. The van der Waals surface area contributed by atoms with Crippen molar-refractivity contribution < 1.29 is 0 Å². The topological polar surface area (TPSA) is 34.0 Å². The molecule has 3 aromatic rings. The second-order valence-corrected chi connectivity index (χ2v) is 6.70. The molecular weight excluding hydrogens is 296 g/mol. The second kappa shape index (κ2) is 6.21. The second-order valence-electron chi connectivity index (χ2n) is 6.70. The normalized spacial score (nSPS) is 15.4. The zero-order valence-corrected chi connectivity index (χ0v) is 14.2. The fourth-order valence-corrected chi connectivity index (χ4v) is 3.57. The van der Waals surface area contributed by atoms with Crippen molar-refractivity contribution in [2.24, 2.45) is 0 Å². The molecule has 122 valence electrons. The monoisotopic (exact) mass is 318 g/mol. The Morgan fingerprint density at radius 3 is 2.58 bits per heavy atom. The Balaban J connectivity index is 1.54. The minimum Gasteiger partial charge on any atom is -0.298 e. The Labute approximate surface area is 142 Å². The van der Waals surface area contributed by atoms with E-state index in [1.165, 1.54) is 27.9 Å². The Bertz CT molecular complexity index is 818. The van der Waals surface area contributed by atoms with E-state index in [0.29, 0.717) is 5.92 Å². The summed E-state index contributed by atoms with van der Waals surface area (Å²) < 4.78 is 1.98. The first-order valence-corrected chi connectivity index (χ1v) is 8.43. The molecule has 4 nitrogen and oxygen atoms in total. The number of nitrogens with zero attached hydrogens (tertiary/aromatic N) is 4. The lowest BCUT2D eigenvalue weighted by atomic mass is 9.91. The number of hydrogen-bond acceptors (Lipinski definition) is 3. The van der Waals surface area contributed by atoms with Crippen LogP contribution in [-0.2, 0) is 6.54 Å². The van der Waals surface area contributed by atoms with Crippen LogP contribution in [-0.4, -0.2) is 32.8 Å². The van der Waals surface area contributed by atoms with Crippen LogP contribution in [0.4, 0.5) is 0 Å². The van der Waals surface area contributed by atoms with Crippen LogP contribution < -0.4 is 0 Å². The molecule has 4 rings (SSSR count). The molecule has 0 saturated carbocycles. The number of pyridine rings is 1. The molecule has 0 N–H and O–H groups in total. The molecule has 0 amide bonds. The number of likely N-dealkylation sites (tertiary alicyclic amines) is 1. The van der Waals surface area contributed by atoms with Gasteiger partial charge in [0.2, 0.25) is 0 Å². The third-order valence-corrected chi connectivity index (χ3v) is 4.86. The first-order valence-electron chi connectivity index (χ1n) is 8.43. The number of aryl methyl sites for hydroxylation is 2. The van der Waals surface area contributed by atoms with E-state index in [1.807, 2.05) is 35.5 Å². The van der Waals surface area contributed by atoms with E-state index in [1.54, 1.807) is 0 Å². The van der Waals surface area contributed by atoms with Crippen LogP contribution in [0.3, 0.4) is 0 Å². The molecule has 1 saturated heterocycles. The van der Waals surface area contributed by atoms with Gasteiger partial charge in [-0.1, -0.05) is 6.07 Å². The summed E-state index contributed by atoms with van der Waals surface area (Å²) in [6.07, 6.45) is 7.63. The largest absolute Gasteiger partial charge is 0.298 e. The van der Waals surface area contributed by atoms with Gasteiger partial charge in [-0.05, 0) is 60.4 Å². The van der Waals surface area contributed by atoms with E-state index in [-0.39, 0.29) is 0 Å². The highest BCUT2D eigenvalue weighted by Gasteiger charge is 2.28. The van der Waals surface area contributed by atoms with E-state index < -0.39 is 0 Å². The molecule has 3 heterocycles. The zero-order chi connectivity index (χ0) is 16.5. The summed E-state index contributed by atoms with van der Waals surface area (Å²) in [5.41, 5.74) is 6.59. The van der Waals surface area contributed by atoms with Crippen molar-refractivity contribution in [3.63, 3.8) is 0 Å². The van der Waals surface area contributed by atoms with Crippen molar-refractivity contribution in [1.29, 1.82) is 0 Å². The summed E-state index contributed by atoms with van der Waals surface area (Å²) >= 11 is 0. The van der Waals surface area contributed by atoms with Gasteiger partial charge in [-0.2, -0.15) is 5.10 Å².